The van der Waals surface area contributed by atoms with Gasteiger partial charge >= 0.3 is 0 Å². The minimum atomic E-state index is 0.308. The molecule has 1 radical (unpaired) electrons. The Morgan fingerprint density at radius 1 is 1.40 bits per heavy atom. The lowest BCUT2D eigenvalue weighted by molar-refractivity contribution is 0.228. The van der Waals surface area contributed by atoms with Gasteiger partial charge in [0.2, 0.25) is 0 Å². The highest BCUT2D eigenvalue weighted by Gasteiger charge is 2.48. The minimum absolute atomic E-state index is 0.308. The summed E-state index contributed by atoms with van der Waals surface area (Å²) >= 11 is 0. The Morgan fingerprint density at radius 2 is 2.10 bits per heavy atom. The molecule has 1 unspecified atom stereocenters. The summed E-state index contributed by atoms with van der Waals surface area (Å²) in [5.74, 6) is 0. The third kappa shape index (κ3) is 0.448. The van der Waals surface area contributed by atoms with Crippen molar-refractivity contribution < 1.29 is 0 Å². The van der Waals surface area contributed by atoms with Crippen molar-refractivity contribution in [2.45, 2.75) is 27.2 Å². The zero-order valence-corrected chi connectivity index (χ0v) is 6.86. The van der Waals surface area contributed by atoms with Gasteiger partial charge in [0.15, 0.2) is 0 Å². The maximum absolute atomic E-state index is 3.43. The molecule has 0 heteroatoms. The van der Waals surface area contributed by atoms with Crippen molar-refractivity contribution >= 4 is 0 Å². The zero-order chi connectivity index (χ0) is 7.41. The quantitative estimate of drug-likeness (QED) is 0.476. The van der Waals surface area contributed by atoms with Crippen LogP contribution in [0.15, 0.2) is 17.7 Å². The van der Waals surface area contributed by atoms with Crippen LogP contribution in [0.1, 0.15) is 27.2 Å². The first-order valence-electron chi connectivity index (χ1n) is 3.88. The van der Waals surface area contributed by atoms with Crippen LogP contribution in [0.5, 0.6) is 0 Å². The monoisotopic (exact) mass is 133 g/mol. The van der Waals surface area contributed by atoms with Crippen molar-refractivity contribution in [3.05, 3.63) is 23.8 Å². The number of allylic oxidation sites excluding steroid dienone is 4. The fourth-order valence-electron chi connectivity index (χ4n) is 1.86. The summed E-state index contributed by atoms with van der Waals surface area (Å²) in [6.07, 6.45) is 9.12. The first kappa shape index (κ1) is 6.21. The van der Waals surface area contributed by atoms with Crippen LogP contribution in [0.25, 0.3) is 0 Å². The van der Waals surface area contributed by atoms with E-state index in [1.165, 1.54) is 12.0 Å². The van der Waals surface area contributed by atoms with E-state index in [1.807, 2.05) is 0 Å². The molecule has 10 heavy (non-hydrogen) atoms. The van der Waals surface area contributed by atoms with E-state index in [4.69, 9.17) is 0 Å². The van der Waals surface area contributed by atoms with Crippen molar-refractivity contribution in [3.63, 3.8) is 0 Å². The summed E-state index contributed by atoms with van der Waals surface area (Å²) in [5, 5.41) is 0. The molecule has 0 aliphatic heterocycles. The van der Waals surface area contributed by atoms with E-state index in [2.05, 4.69) is 39.0 Å². The van der Waals surface area contributed by atoms with Crippen LogP contribution in [0.3, 0.4) is 0 Å². The molecule has 2 rings (SSSR count). The third-order valence-corrected chi connectivity index (χ3v) is 3.38. The van der Waals surface area contributed by atoms with Gasteiger partial charge in [-0.25, -0.2) is 0 Å². The van der Waals surface area contributed by atoms with Crippen LogP contribution in [0.4, 0.5) is 0 Å². The molecule has 0 spiro atoms. The lowest BCUT2D eigenvalue weighted by Gasteiger charge is -2.32. The first-order valence-corrected chi connectivity index (χ1v) is 3.88. The maximum Gasteiger partial charge on any atom is 0.00538 e. The fourth-order valence-corrected chi connectivity index (χ4v) is 1.86. The van der Waals surface area contributed by atoms with Crippen LogP contribution in [-0.2, 0) is 0 Å². The summed E-state index contributed by atoms with van der Waals surface area (Å²) in [6.45, 7) is 6.91. The van der Waals surface area contributed by atoms with Gasteiger partial charge in [-0.3, -0.25) is 0 Å². The molecule has 0 saturated heterocycles. The molecule has 0 aromatic carbocycles. The fraction of sp³-hybridized carbons (Fsp3) is 0.600. The topological polar surface area (TPSA) is 0 Å². The van der Waals surface area contributed by atoms with Crippen molar-refractivity contribution in [1.29, 1.82) is 0 Å². The van der Waals surface area contributed by atoms with E-state index in [0.29, 0.717) is 10.8 Å². The molecule has 0 amide bonds. The van der Waals surface area contributed by atoms with Gasteiger partial charge in [-0.1, -0.05) is 32.9 Å². The van der Waals surface area contributed by atoms with E-state index in [9.17, 15) is 0 Å². The maximum atomic E-state index is 3.43. The molecule has 0 heterocycles. The molecule has 0 aromatic heterocycles. The summed E-state index contributed by atoms with van der Waals surface area (Å²) < 4.78 is 0. The van der Waals surface area contributed by atoms with Gasteiger partial charge in [-0.05, 0) is 23.5 Å². The van der Waals surface area contributed by atoms with E-state index in [0.717, 1.165) is 0 Å². The first-order chi connectivity index (χ1) is 4.56. The Morgan fingerprint density at radius 3 is 2.20 bits per heavy atom. The van der Waals surface area contributed by atoms with Crippen LogP contribution in [-0.4, -0.2) is 0 Å². The van der Waals surface area contributed by atoms with Gasteiger partial charge in [-0.2, -0.15) is 0 Å². The molecule has 0 saturated carbocycles. The lowest BCUT2D eigenvalue weighted by Crippen LogP contribution is -2.26. The second kappa shape index (κ2) is 1.39. The van der Waals surface area contributed by atoms with Gasteiger partial charge in [-0.15, -0.1) is 0 Å². The van der Waals surface area contributed by atoms with E-state index in [1.54, 1.807) is 0 Å². The average Bonchev–Trinajstić information content (AvgIpc) is 2.18. The number of hydrogen-bond acceptors (Lipinski definition) is 0. The third-order valence-electron chi connectivity index (χ3n) is 3.38. The highest BCUT2D eigenvalue weighted by Crippen LogP contribution is 2.57. The van der Waals surface area contributed by atoms with Crippen molar-refractivity contribution in [2.75, 3.05) is 0 Å². The number of rotatable bonds is 0. The predicted octanol–water partition coefficient (Wildman–Crippen LogP) is 2.72. The molecule has 2 aliphatic carbocycles. The Balaban J connectivity index is 2.55. The molecular formula is C10H13. The Hall–Kier alpha value is -0.520. The predicted molar refractivity (Wildman–Crippen MR) is 42.4 cm³/mol. The second-order valence-electron chi connectivity index (χ2n) is 4.11. The number of fused-ring (bicyclic) bond motifs is 2. The lowest BCUT2D eigenvalue weighted by atomic mass is 9.70. The van der Waals surface area contributed by atoms with E-state index < -0.39 is 0 Å². The molecule has 2 aliphatic rings. The Bertz CT molecular complexity index is 228. The summed E-state index contributed by atoms with van der Waals surface area (Å²) in [7, 11) is 0. The van der Waals surface area contributed by atoms with Gasteiger partial charge in [0, 0.05) is 5.41 Å². The minimum Gasteiger partial charge on any atom is -0.0798 e. The largest absolute Gasteiger partial charge is 0.0798 e. The van der Waals surface area contributed by atoms with Gasteiger partial charge < -0.3 is 0 Å². The smallest absolute Gasteiger partial charge is 0.00538 e. The van der Waals surface area contributed by atoms with Crippen LogP contribution >= 0.6 is 0 Å². The average molecular weight is 133 g/mol. The molecule has 53 valence electrons. The van der Waals surface area contributed by atoms with Crippen LogP contribution in [0.2, 0.25) is 0 Å². The summed E-state index contributed by atoms with van der Waals surface area (Å²) in [6, 6.07) is 0. The van der Waals surface area contributed by atoms with Gasteiger partial charge in [0.1, 0.15) is 0 Å². The van der Waals surface area contributed by atoms with Crippen LogP contribution in [0, 0.1) is 16.9 Å². The highest BCUT2D eigenvalue weighted by atomic mass is 14.5. The SMILES string of the molecule is CC12[C]=CC(=CC1)C2(C)C. The normalized spacial score (nSPS) is 40.5. The van der Waals surface area contributed by atoms with Crippen molar-refractivity contribution in [2.24, 2.45) is 10.8 Å². The Kier molecular flexibility index (Phi) is 0.862. The van der Waals surface area contributed by atoms with Crippen LogP contribution < -0.4 is 0 Å². The van der Waals surface area contributed by atoms with Crippen molar-refractivity contribution in [3.8, 4) is 0 Å². The second-order valence-corrected chi connectivity index (χ2v) is 4.11. The van der Waals surface area contributed by atoms with Crippen molar-refractivity contribution in [1.82, 2.24) is 0 Å². The molecular weight excluding hydrogens is 120 g/mol. The van der Waals surface area contributed by atoms with Gasteiger partial charge in [0.25, 0.3) is 0 Å². The molecule has 1 atom stereocenters. The van der Waals surface area contributed by atoms with E-state index >= 15 is 0 Å². The molecule has 2 bridgehead atoms. The summed E-state index contributed by atoms with van der Waals surface area (Å²) in [4.78, 5) is 0. The molecule has 0 aromatic rings. The number of hydrogen-bond donors (Lipinski definition) is 0. The molecule has 0 nitrogen and oxygen atoms in total. The zero-order valence-electron chi connectivity index (χ0n) is 6.86. The summed E-state index contributed by atoms with van der Waals surface area (Å²) in [5.41, 5.74) is 2.14. The van der Waals surface area contributed by atoms with Gasteiger partial charge in [0.05, 0.1) is 0 Å². The van der Waals surface area contributed by atoms with E-state index in [-0.39, 0.29) is 0 Å². The Labute approximate surface area is 62.6 Å². The highest BCUT2D eigenvalue weighted by molar-refractivity contribution is 5.40. The molecule has 0 fully saturated rings. The molecule has 0 N–H and O–H groups in total. The standard InChI is InChI=1S/C10H13/c1-9(2)8-4-6-10(9,3)7-5-8/h4-5H,6H2,1-3H3.